The molecule has 0 N–H and O–H groups in total. The number of carbonyl (C=O) groups is 3. The molecular formula is C14H9N3O5. The Labute approximate surface area is 123 Å². The third kappa shape index (κ3) is 1.97. The van der Waals surface area contributed by atoms with Crippen LogP contribution in [0.2, 0.25) is 0 Å². The van der Waals surface area contributed by atoms with Crippen LogP contribution >= 0.6 is 0 Å². The van der Waals surface area contributed by atoms with Crippen molar-refractivity contribution in [1.29, 1.82) is 0 Å². The van der Waals surface area contributed by atoms with Gasteiger partial charge in [-0.2, -0.15) is 0 Å². The monoisotopic (exact) mass is 299 g/mol. The molecule has 8 nitrogen and oxygen atoms in total. The molecule has 1 aromatic heterocycles. The number of rotatable bonds is 2. The van der Waals surface area contributed by atoms with Crippen molar-refractivity contribution in [3.05, 3.63) is 63.8 Å². The van der Waals surface area contributed by atoms with Gasteiger partial charge in [0, 0.05) is 13.2 Å². The van der Waals surface area contributed by atoms with Gasteiger partial charge in [-0.25, -0.2) is 9.78 Å². The quantitative estimate of drug-likeness (QED) is 0.732. The molecule has 2 amide bonds. The summed E-state index contributed by atoms with van der Waals surface area (Å²) in [7, 11) is 1.41. The average Bonchev–Trinajstić information content (AvgIpc) is 2.75. The number of hydrogen-bond donors (Lipinski definition) is 0. The predicted molar refractivity (Wildman–Crippen MR) is 71.8 cm³/mol. The van der Waals surface area contributed by atoms with E-state index in [0.29, 0.717) is 5.06 Å². The Morgan fingerprint density at radius 1 is 1.09 bits per heavy atom. The number of carbonyl (C=O) groups excluding carboxylic acids is 3. The van der Waals surface area contributed by atoms with Crippen molar-refractivity contribution in [3.63, 3.8) is 0 Å². The molecule has 0 fully saturated rings. The molecule has 8 heteroatoms. The van der Waals surface area contributed by atoms with Crippen LogP contribution in [0.4, 0.5) is 0 Å². The molecule has 1 aliphatic rings. The average molecular weight is 299 g/mol. The van der Waals surface area contributed by atoms with E-state index in [9.17, 15) is 19.2 Å². The molecule has 22 heavy (non-hydrogen) atoms. The predicted octanol–water partition coefficient (Wildman–Crippen LogP) is 0.148. The Bertz CT molecular complexity index is 836. The Morgan fingerprint density at radius 2 is 1.68 bits per heavy atom. The maximum atomic E-state index is 12.1. The first kappa shape index (κ1) is 13.7. The van der Waals surface area contributed by atoms with Gasteiger partial charge >= 0.3 is 5.97 Å². The zero-order valence-corrected chi connectivity index (χ0v) is 11.3. The van der Waals surface area contributed by atoms with Crippen molar-refractivity contribution in [2.24, 2.45) is 7.05 Å². The van der Waals surface area contributed by atoms with Crippen molar-refractivity contribution in [3.8, 4) is 0 Å². The summed E-state index contributed by atoms with van der Waals surface area (Å²) in [5, 5.41) is 0.347. The van der Waals surface area contributed by atoms with Crippen LogP contribution in [0.15, 0.2) is 41.6 Å². The number of aryl methyl sites for hydroxylation is 1. The van der Waals surface area contributed by atoms with Gasteiger partial charge in [-0.3, -0.25) is 14.4 Å². The van der Waals surface area contributed by atoms with Crippen LogP contribution in [-0.4, -0.2) is 32.4 Å². The lowest BCUT2D eigenvalue weighted by atomic mass is 10.1. The lowest BCUT2D eigenvalue weighted by Gasteiger charge is -2.12. The number of imide groups is 1. The van der Waals surface area contributed by atoms with Crippen molar-refractivity contribution in [2.75, 3.05) is 0 Å². The molecule has 0 saturated carbocycles. The van der Waals surface area contributed by atoms with E-state index in [1.54, 1.807) is 12.1 Å². The van der Waals surface area contributed by atoms with Gasteiger partial charge in [-0.05, 0) is 12.1 Å². The summed E-state index contributed by atoms with van der Waals surface area (Å²) in [5.74, 6) is -2.63. The van der Waals surface area contributed by atoms with Crippen molar-refractivity contribution in [1.82, 2.24) is 14.6 Å². The van der Waals surface area contributed by atoms with Crippen LogP contribution < -0.4 is 5.56 Å². The van der Waals surface area contributed by atoms with E-state index in [2.05, 4.69) is 4.98 Å². The van der Waals surface area contributed by atoms with Crippen LogP contribution in [0.25, 0.3) is 0 Å². The van der Waals surface area contributed by atoms with Crippen LogP contribution in [0, 0.1) is 0 Å². The second-order valence-electron chi connectivity index (χ2n) is 4.55. The van der Waals surface area contributed by atoms with Gasteiger partial charge in [-0.1, -0.05) is 17.2 Å². The smallest absolute Gasteiger partial charge is 0.324 e. The molecule has 1 aromatic carbocycles. The highest BCUT2D eigenvalue weighted by Crippen LogP contribution is 2.22. The number of nitrogens with zero attached hydrogens (tertiary/aromatic N) is 3. The second kappa shape index (κ2) is 4.92. The van der Waals surface area contributed by atoms with Crippen LogP contribution in [0.1, 0.15) is 31.1 Å². The number of aromatic nitrogens is 2. The standard InChI is InChI=1S/C14H9N3O5/c1-16-7-15-6-10(11(16)18)14(21)22-17-12(19)8-4-2-3-5-9(8)13(17)20/h2-7H,1H3. The normalized spacial score (nSPS) is 13.2. The van der Waals surface area contributed by atoms with E-state index in [1.165, 1.54) is 25.5 Å². The Morgan fingerprint density at radius 3 is 2.27 bits per heavy atom. The van der Waals surface area contributed by atoms with Crippen molar-refractivity contribution < 1.29 is 19.2 Å². The van der Waals surface area contributed by atoms with E-state index in [1.807, 2.05) is 0 Å². The molecule has 110 valence electrons. The minimum atomic E-state index is -1.12. The van der Waals surface area contributed by atoms with Crippen LogP contribution in [0.3, 0.4) is 0 Å². The second-order valence-corrected chi connectivity index (χ2v) is 4.55. The van der Waals surface area contributed by atoms with E-state index in [-0.39, 0.29) is 16.7 Å². The molecule has 0 saturated heterocycles. The minimum Gasteiger partial charge on any atom is -0.324 e. The summed E-state index contributed by atoms with van der Waals surface area (Å²) in [4.78, 5) is 56.4. The highest BCUT2D eigenvalue weighted by atomic mass is 16.7. The van der Waals surface area contributed by atoms with Gasteiger partial charge in [0.25, 0.3) is 17.4 Å². The molecule has 2 heterocycles. The molecule has 0 atom stereocenters. The zero-order valence-electron chi connectivity index (χ0n) is 11.3. The summed E-state index contributed by atoms with van der Waals surface area (Å²) < 4.78 is 1.08. The summed E-state index contributed by atoms with van der Waals surface area (Å²) in [6.45, 7) is 0. The maximum absolute atomic E-state index is 12.1. The largest absolute Gasteiger partial charge is 0.371 e. The molecular weight excluding hydrogens is 290 g/mol. The molecule has 2 aromatic rings. The molecule has 0 unspecified atom stereocenters. The fraction of sp³-hybridized carbons (Fsp3) is 0.0714. The Kier molecular flexibility index (Phi) is 3.06. The molecule has 3 rings (SSSR count). The van der Waals surface area contributed by atoms with Crippen molar-refractivity contribution >= 4 is 17.8 Å². The number of amides is 2. The maximum Gasteiger partial charge on any atom is 0.371 e. The highest BCUT2D eigenvalue weighted by molar-refractivity contribution is 6.21. The third-order valence-corrected chi connectivity index (χ3v) is 3.15. The fourth-order valence-corrected chi connectivity index (χ4v) is 2.03. The first-order valence-corrected chi connectivity index (χ1v) is 6.21. The van der Waals surface area contributed by atoms with E-state index >= 15 is 0 Å². The topological polar surface area (TPSA) is 98.6 Å². The van der Waals surface area contributed by atoms with Gasteiger partial charge in [0.05, 0.1) is 17.5 Å². The summed E-state index contributed by atoms with van der Waals surface area (Å²) in [6, 6.07) is 6.08. The molecule has 0 radical (unpaired) electrons. The molecule has 0 spiro atoms. The van der Waals surface area contributed by atoms with Crippen LogP contribution in [0.5, 0.6) is 0 Å². The van der Waals surface area contributed by atoms with Crippen molar-refractivity contribution in [2.45, 2.75) is 0 Å². The van der Waals surface area contributed by atoms with Gasteiger partial charge in [0.1, 0.15) is 5.56 Å². The SMILES string of the molecule is Cn1cncc(C(=O)ON2C(=O)c3ccccc3C2=O)c1=O. The van der Waals surface area contributed by atoms with Gasteiger partial charge in [0.2, 0.25) is 0 Å². The number of fused-ring (bicyclic) bond motifs is 1. The number of hydroxylamine groups is 2. The van der Waals surface area contributed by atoms with E-state index < -0.39 is 23.3 Å². The summed E-state index contributed by atoms with van der Waals surface area (Å²) in [6.07, 6.45) is 2.24. The van der Waals surface area contributed by atoms with E-state index in [4.69, 9.17) is 4.84 Å². The Hall–Kier alpha value is -3.29. The summed E-state index contributed by atoms with van der Waals surface area (Å²) >= 11 is 0. The fourth-order valence-electron chi connectivity index (χ4n) is 2.03. The van der Waals surface area contributed by atoms with Gasteiger partial charge in [-0.15, -0.1) is 0 Å². The van der Waals surface area contributed by atoms with Crippen LogP contribution in [-0.2, 0) is 11.9 Å². The number of hydrogen-bond acceptors (Lipinski definition) is 6. The van der Waals surface area contributed by atoms with E-state index in [0.717, 1.165) is 10.8 Å². The molecule has 0 bridgehead atoms. The molecule has 1 aliphatic heterocycles. The molecule has 0 aliphatic carbocycles. The zero-order chi connectivity index (χ0) is 15.9. The van der Waals surface area contributed by atoms with Gasteiger partial charge < -0.3 is 9.40 Å². The lowest BCUT2D eigenvalue weighted by molar-refractivity contribution is -0.0586. The third-order valence-electron chi connectivity index (χ3n) is 3.15. The number of benzene rings is 1. The lowest BCUT2D eigenvalue weighted by Crippen LogP contribution is -2.35. The van der Waals surface area contributed by atoms with Gasteiger partial charge in [0.15, 0.2) is 0 Å². The minimum absolute atomic E-state index is 0.138. The first-order valence-electron chi connectivity index (χ1n) is 6.21. The summed E-state index contributed by atoms with van der Waals surface area (Å²) in [5.41, 5.74) is -0.739. The highest BCUT2D eigenvalue weighted by Gasteiger charge is 2.39. The first-order chi connectivity index (χ1) is 10.5. The Balaban J connectivity index is 1.90.